The Hall–Kier alpha value is -6.62. The molecule has 0 unspecified atom stereocenters. The van der Waals surface area contributed by atoms with Crippen LogP contribution in [-0.2, 0) is 26.2 Å². The summed E-state index contributed by atoms with van der Waals surface area (Å²) in [5.41, 5.74) is 16.4. The highest BCUT2D eigenvalue weighted by Gasteiger charge is 2.21. The van der Waals surface area contributed by atoms with E-state index in [-0.39, 0.29) is 48.3 Å². The van der Waals surface area contributed by atoms with E-state index in [0.717, 1.165) is 0 Å². The normalized spacial score (nSPS) is 11.5. The molecule has 0 atom stereocenters. The highest BCUT2D eigenvalue weighted by atomic mass is 16.2. The van der Waals surface area contributed by atoms with Gasteiger partial charge >= 0.3 is 0 Å². The minimum absolute atomic E-state index is 0.250. The molecule has 0 saturated heterocycles. The van der Waals surface area contributed by atoms with Crippen LogP contribution < -0.4 is 27.4 Å². The van der Waals surface area contributed by atoms with Gasteiger partial charge in [0, 0.05) is 43.9 Å². The van der Waals surface area contributed by atoms with Gasteiger partial charge in [-0.1, -0.05) is 12.2 Å². The minimum Gasteiger partial charge on any atom is -0.366 e. The summed E-state index contributed by atoms with van der Waals surface area (Å²) < 4.78 is 6.88. The lowest BCUT2D eigenvalue weighted by Crippen LogP contribution is -2.25. The summed E-state index contributed by atoms with van der Waals surface area (Å²) in [5.74, 6) is -1.05. The van der Waals surface area contributed by atoms with E-state index < -0.39 is 5.91 Å². The molecule has 280 valence electrons. The van der Waals surface area contributed by atoms with E-state index in [1.165, 1.54) is 0 Å². The van der Waals surface area contributed by atoms with Crippen LogP contribution in [-0.4, -0.2) is 75.4 Å². The number of aryl methyl sites for hydroxylation is 4. The van der Waals surface area contributed by atoms with E-state index in [1.54, 1.807) is 57.9 Å². The number of anilines is 2. The number of aromatic nitrogens is 8. The molecule has 0 aliphatic rings. The molecule has 0 spiro atoms. The number of allylic oxidation sites excluding steroid dienone is 2. The molecule has 0 fully saturated rings. The molecule has 7 N–H and O–H groups in total. The molecule has 6 rings (SSSR count). The van der Waals surface area contributed by atoms with Crippen molar-refractivity contribution in [3.05, 3.63) is 94.6 Å². The number of nitrogens with zero attached hydrogens (tertiary/aromatic N) is 8. The Bertz CT molecular complexity index is 2410. The van der Waals surface area contributed by atoms with E-state index >= 15 is 0 Å². The zero-order chi connectivity index (χ0) is 38.5. The fourth-order valence-electron chi connectivity index (χ4n) is 6.15. The van der Waals surface area contributed by atoms with Gasteiger partial charge in [-0.15, -0.1) is 0 Å². The van der Waals surface area contributed by atoms with Crippen LogP contribution in [0.4, 0.5) is 11.9 Å². The third kappa shape index (κ3) is 7.75. The van der Waals surface area contributed by atoms with E-state index in [2.05, 4.69) is 31.1 Å². The fraction of sp³-hybridized carbons (Fsp3) is 0.297. The number of rotatable bonds is 15. The number of fused-ring (bicyclic) bond motifs is 2. The second kappa shape index (κ2) is 16.0. The lowest BCUT2D eigenvalue weighted by Gasteiger charge is -2.10. The molecule has 4 heterocycles. The third-order valence-corrected chi connectivity index (χ3v) is 8.77. The van der Waals surface area contributed by atoms with E-state index in [4.69, 9.17) is 16.5 Å². The van der Waals surface area contributed by atoms with Crippen LogP contribution in [0.15, 0.2) is 60.7 Å². The lowest BCUT2D eigenvalue weighted by atomic mass is 10.2. The largest absolute Gasteiger partial charge is 0.366 e. The Labute approximate surface area is 310 Å². The molecule has 17 nitrogen and oxygen atoms in total. The Morgan fingerprint density at radius 1 is 0.704 bits per heavy atom. The van der Waals surface area contributed by atoms with Crippen molar-refractivity contribution < 1.29 is 19.2 Å². The van der Waals surface area contributed by atoms with Gasteiger partial charge in [0.05, 0.1) is 33.5 Å². The van der Waals surface area contributed by atoms with Crippen LogP contribution in [0.25, 0.3) is 22.1 Å². The quantitative estimate of drug-likeness (QED) is 0.0769. The van der Waals surface area contributed by atoms with Gasteiger partial charge in [0.1, 0.15) is 11.4 Å². The molecule has 2 aromatic carbocycles. The number of benzene rings is 2. The monoisotopic (exact) mass is 733 g/mol. The zero-order valence-corrected chi connectivity index (χ0v) is 30.6. The number of nitrogens with one attached hydrogen (secondary N) is 3. The van der Waals surface area contributed by atoms with Crippen molar-refractivity contribution in [3.8, 4) is 0 Å². The van der Waals surface area contributed by atoms with Gasteiger partial charge < -0.3 is 25.9 Å². The van der Waals surface area contributed by atoms with E-state index in [9.17, 15) is 19.2 Å². The number of nitrogens with two attached hydrogens (primary N) is 2. The predicted molar refractivity (Wildman–Crippen MR) is 204 cm³/mol. The molecule has 0 aliphatic carbocycles. The number of hydrogen-bond acceptors (Lipinski definition) is 9. The van der Waals surface area contributed by atoms with Crippen LogP contribution in [0.3, 0.4) is 0 Å². The maximum absolute atomic E-state index is 13.5. The Balaban J connectivity index is 1.31. The van der Waals surface area contributed by atoms with Crippen molar-refractivity contribution in [1.82, 2.24) is 44.0 Å². The first-order valence-electron chi connectivity index (χ1n) is 17.7. The fourth-order valence-corrected chi connectivity index (χ4v) is 6.15. The van der Waals surface area contributed by atoms with Gasteiger partial charge in [-0.2, -0.15) is 10.2 Å². The van der Waals surface area contributed by atoms with Crippen molar-refractivity contribution >= 4 is 57.6 Å². The molecular weight excluding hydrogens is 690 g/mol. The maximum Gasteiger partial charge on any atom is 0.276 e. The summed E-state index contributed by atoms with van der Waals surface area (Å²) in [6.07, 6.45) is 4.45. The van der Waals surface area contributed by atoms with Crippen LogP contribution in [0.1, 0.15) is 73.3 Å². The number of amides is 4. The first kappa shape index (κ1) is 37.1. The lowest BCUT2D eigenvalue weighted by molar-refractivity contribution is 0.0951. The van der Waals surface area contributed by atoms with Gasteiger partial charge in [-0.25, -0.2) is 9.97 Å². The van der Waals surface area contributed by atoms with Crippen molar-refractivity contribution in [1.29, 1.82) is 0 Å². The minimum atomic E-state index is -0.594. The highest BCUT2D eigenvalue weighted by Crippen LogP contribution is 2.24. The standard InChI is InChI=1S/C37H43N13O4/c1-5-49-30(18-22(3)45-49)34(53)43-36-41-26-20-24(32(39)51)10-12-28(26)47(36)16-7-8-17-48-29-13-11-25(33(52)40-15-9-14-38)21-27(29)42-37(48)44-35(54)31-19-23(4)46-50(31)6-2/h7-8,10-13,18-21H,5-6,9,14-17,38H2,1-4H3,(H2,39,51)(H,40,52)(H,41,43,53)(H,42,44,54)/b8-7+. The second-order valence-corrected chi connectivity index (χ2v) is 12.6. The molecule has 0 aliphatic heterocycles. The van der Waals surface area contributed by atoms with Gasteiger partial charge in [0.15, 0.2) is 0 Å². The zero-order valence-electron chi connectivity index (χ0n) is 30.6. The predicted octanol–water partition coefficient (Wildman–Crippen LogP) is 3.37. The number of carbonyl (C=O) groups is 4. The Morgan fingerprint density at radius 2 is 1.19 bits per heavy atom. The summed E-state index contributed by atoms with van der Waals surface area (Å²) in [5, 5.41) is 17.5. The Kier molecular flexibility index (Phi) is 11.0. The van der Waals surface area contributed by atoms with Gasteiger partial charge in [-0.3, -0.25) is 39.2 Å². The molecule has 6 aromatic rings. The first-order chi connectivity index (χ1) is 26.0. The molecule has 4 aromatic heterocycles. The molecule has 0 radical (unpaired) electrons. The van der Waals surface area contributed by atoms with Crippen LogP contribution in [0, 0.1) is 13.8 Å². The molecule has 54 heavy (non-hydrogen) atoms. The van der Waals surface area contributed by atoms with E-state index in [1.807, 2.05) is 49.0 Å². The summed E-state index contributed by atoms with van der Waals surface area (Å²) >= 11 is 0. The van der Waals surface area contributed by atoms with Crippen molar-refractivity contribution in [2.45, 2.75) is 60.3 Å². The molecule has 0 bridgehead atoms. The second-order valence-electron chi connectivity index (χ2n) is 12.6. The molecule has 0 saturated carbocycles. The van der Waals surface area contributed by atoms with Crippen LogP contribution >= 0.6 is 0 Å². The van der Waals surface area contributed by atoms with Gasteiger partial charge in [0.25, 0.3) is 17.7 Å². The smallest absolute Gasteiger partial charge is 0.276 e. The molecule has 4 amide bonds. The van der Waals surface area contributed by atoms with Crippen molar-refractivity contribution in [2.75, 3.05) is 23.7 Å². The topological polar surface area (TPSA) is 228 Å². The van der Waals surface area contributed by atoms with Gasteiger partial charge in [-0.05, 0) is 89.2 Å². The third-order valence-electron chi connectivity index (χ3n) is 8.77. The number of primary amides is 1. The Morgan fingerprint density at radius 3 is 1.65 bits per heavy atom. The summed E-state index contributed by atoms with van der Waals surface area (Å²) in [7, 11) is 0. The van der Waals surface area contributed by atoms with Crippen molar-refractivity contribution in [3.63, 3.8) is 0 Å². The SMILES string of the molecule is CCn1nc(C)cc1C(=O)Nc1nc2cc(C(N)=O)ccc2n1C/C=C/Cn1c(NC(=O)c2cc(C)nn2CC)nc2cc(C(=O)NCCCN)ccc21. The summed E-state index contributed by atoms with van der Waals surface area (Å²) in [6.45, 7) is 9.94. The first-order valence-corrected chi connectivity index (χ1v) is 17.7. The summed E-state index contributed by atoms with van der Waals surface area (Å²) in [6, 6.07) is 13.5. The maximum atomic E-state index is 13.5. The van der Waals surface area contributed by atoms with Crippen LogP contribution in [0.5, 0.6) is 0 Å². The number of imidazole rings is 2. The molecule has 17 heteroatoms. The number of hydrogen-bond donors (Lipinski definition) is 5. The van der Waals surface area contributed by atoms with Crippen LogP contribution in [0.2, 0.25) is 0 Å². The average molecular weight is 734 g/mol. The highest BCUT2D eigenvalue weighted by molar-refractivity contribution is 6.04. The summed E-state index contributed by atoms with van der Waals surface area (Å²) in [4.78, 5) is 61.1. The van der Waals surface area contributed by atoms with Gasteiger partial charge in [0.2, 0.25) is 17.8 Å². The number of carbonyl (C=O) groups excluding carboxylic acids is 4. The van der Waals surface area contributed by atoms with Crippen molar-refractivity contribution in [2.24, 2.45) is 11.5 Å². The molecular formula is C37H43N13O4. The average Bonchev–Trinajstić information content (AvgIpc) is 3.91. The van der Waals surface area contributed by atoms with E-state index in [0.29, 0.717) is 83.0 Å².